The first kappa shape index (κ1) is 14.2. The Bertz CT molecular complexity index is 599. The summed E-state index contributed by atoms with van der Waals surface area (Å²) in [6.07, 6.45) is 0. The van der Waals surface area contributed by atoms with Crippen LogP contribution in [0.3, 0.4) is 0 Å². The summed E-state index contributed by atoms with van der Waals surface area (Å²) in [5, 5.41) is 3.28. The molecule has 0 atom stereocenters. The van der Waals surface area contributed by atoms with Crippen molar-refractivity contribution in [3.63, 3.8) is 0 Å². The van der Waals surface area contributed by atoms with Crippen LogP contribution in [0.15, 0.2) is 42.5 Å². The molecule has 0 amide bonds. The number of rotatable bonds is 5. The van der Waals surface area contributed by atoms with Crippen LogP contribution >= 0.6 is 0 Å². The second-order valence-electron chi connectivity index (χ2n) is 5.62. The Morgan fingerprint density at radius 2 is 1.81 bits per heavy atom. The van der Waals surface area contributed by atoms with Gasteiger partial charge in [0.05, 0.1) is 0 Å². The molecule has 1 aliphatic heterocycles. The van der Waals surface area contributed by atoms with Gasteiger partial charge in [-0.05, 0) is 29.3 Å². The van der Waals surface area contributed by atoms with Gasteiger partial charge < -0.3 is 5.32 Å². The summed E-state index contributed by atoms with van der Waals surface area (Å²) in [5.41, 5.74) is 4.66. The summed E-state index contributed by atoms with van der Waals surface area (Å²) in [4.78, 5) is 2.29. The number of nitrogens with one attached hydrogen (secondary N) is 1. The van der Waals surface area contributed by atoms with E-state index in [9.17, 15) is 4.39 Å². The van der Waals surface area contributed by atoms with Crippen molar-refractivity contribution in [1.29, 1.82) is 0 Å². The van der Waals surface area contributed by atoms with Gasteiger partial charge in [0.1, 0.15) is 5.82 Å². The van der Waals surface area contributed by atoms with Crippen molar-refractivity contribution < 1.29 is 4.39 Å². The fraction of sp³-hybridized carbons (Fsp3) is 0.333. The molecule has 2 nitrogen and oxygen atoms in total. The third-order valence-electron chi connectivity index (χ3n) is 3.99. The molecule has 110 valence electrons. The van der Waals surface area contributed by atoms with Crippen LogP contribution in [0.5, 0.6) is 0 Å². The Morgan fingerprint density at radius 1 is 1.10 bits per heavy atom. The van der Waals surface area contributed by atoms with Crippen molar-refractivity contribution in [3.05, 3.63) is 70.5 Å². The van der Waals surface area contributed by atoms with E-state index in [0.29, 0.717) is 6.54 Å². The van der Waals surface area contributed by atoms with Gasteiger partial charge in [0, 0.05) is 31.7 Å². The van der Waals surface area contributed by atoms with E-state index in [4.69, 9.17) is 0 Å². The van der Waals surface area contributed by atoms with E-state index < -0.39 is 0 Å². The van der Waals surface area contributed by atoms with Crippen molar-refractivity contribution in [2.45, 2.75) is 33.1 Å². The molecule has 0 spiro atoms. The summed E-state index contributed by atoms with van der Waals surface area (Å²) < 4.78 is 14.0. The van der Waals surface area contributed by atoms with Gasteiger partial charge in [-0.2, -0.15) is 0 Å². The van der Waals surface area contributed by atoms with Crippen LogP contribution in [0.25, 0.3) is 0 Å². The Labute approximate surface area is 125 Å². The zero-order valence-electron chi connectivity index (χ0n) is 12.4. The summed E-state index contributed by atoms with van der Waals surface area (Å²) in [5.74, 6) is -0.105. The van der Waals surface area contributed by atoms with E-state index in [2.05, 4.69) is 41.4 Å². The normalized spacial score (nSPS) is 14.4. The average molecular weight is 284 g/mol. The summed E-state index contributed by atoms with van der Waals surface area (Å²) >= 11 is 0. The first-order valence-corrected chi connectivity index (χ1v) is 7.53. The fourth-order valence-corrected chi connectivity index (χ4v) is 2.88. The quantitative estimate of drug-likeness (QED) is 0.904. The molecule has 3 rings (SSSR count). The molecular formula is C18H21FN2. The maximum absolute atomic E-state index is 14.0. The number of benzene rings is 2. The molecule has 2 aromatic carbocycles. The average Bonchev–Trinajstić information content (AvgIpc) is 2.90. The van der Waals surface area contributed by atoms with Gasteiger partial charge in [0.2, 0.25) is 0 Å². The van der Waals surface area contributed by atoms with Crippen molar-refractivity contribution >= 4 is 0 Å². The van der Waals surface area contributed by atoms with Crippen LogP contribution in [-0.4, -0.2) is 11.4 Å². The summed E-state index contributed by atoms with van der Waals surface area (Å²) in [6, 6.07) is 13.9. The topological polar surface area (TPSA) is 15.3 Å². The highest BCUT2D eigenvalue weighted by atomic mass is 19.1. The molecule has 0 aliphatic carbocycles. The highest BCUT2D eigenvalue weighted by molar-refractivity contribution is 5.31. The molecule has 0 saturated carbocycles. The van der Waals surface area contributed by atoms with Crippen molar-refractivity contribution in [1.82, 2.24) is 10.2 Å². The van der Waals surface area contributed by atoms with E-state index in [-0.39, 0.29) is 5.82 Å². The molecule has 0 aromatic heterocycles. The lowest BCUT2D eigenvalue weighted by atomic mass is 10.1. The second-order valence-corrected chi connectivity index (χ2v) is 5.62. The number of nitrogens with zero attached hydrogens (tertiary/aromatic N) is 1. The van der Waals surface area contributed by atoms with Crippen LogP contribution in [0.1, 0.15) is 29.2 Å². The maximum Gasteiger partial charge on any atom is 0.127 e. The molecule has 0 bridgehead atoms. The first-order valence-electron chi connectivity index (χ1n) is 7.53. The van der Waals surface area contributed by atoms with Crippen LogP contribution in [0, 0.1) is 5.82 Å². The smallest absolute Gasteiger partial charge is 0.127 e. The molecule has 1 aliphatic rings. The van der Waals surface area contributed by atoms with Crippen LogP contribution < -0.4 is 5.32 Å². The lowest BCUT2D eigenvalue weighted by molar-refractivity contribution is 0.271. The SMILES string of the molecule is CCNCc1ccc(F)c(CN2Cc3ccccc3C2)c1. The minimum absolute atomic E-state index is 0.105. The van der Waals surface area contributed by atoms with Crippen molar-refractivity contribution in [3.8, 4) is 0 Å². The molecule has 21 heavy (non-hydrogen) atoms. The van der Waals surface area contributed by atoms with Crippen LogP contribution in [0.2, 0.25) is 0 Å². The predicted octanol–water partition coefficient (Wildman–Crippen LogP) is 3.45. The van der Waals surface area contributed by atoms with E-state index in [1.165, 1.54) is 11.1 Å². The zero-order chi connectivity index (χ0) is 14.7. The largest absolute Gasteiger partial charge is 0.313 e. The monoisotopic (exact) mass is 284 g/mol. The number of fused-ring (bicyclic) bond motifs is 1. The van der Waals surface area contributed by atoms with Crippen molar-refractivity contribution in [2.24, 2.45) is 0 Å². The van der Waals surface area contributed by atoms with Gasteiger partial charge in [0.15, 0.2) is 0 Å². The van der Waals surface area contributed by atoms with Crippen LogP contribution in [0.4, 0.5) is 4.39 Å². The fourth-order valence-electron chi connectivity index (χ4n) is 2.88. The number of hydrogen-bond donors (Lipinski definition) is 1. The second kappa shape index (κ2) is 6.37. The summed E-state index contributed by atoms with van der Waals surface area (Å²) in [6.45, 7) is 6.28. The van der Waals surface area contributed by atoms with Gasteiger partial charge in [-0.1, -0.05) is 43.3 Å². The third-order valence-corrected chi connectivity index (χ3v) is 3.99. The van der Waals surface area contributed by atoms with Crippen molar-refractivity contribution in [2.75, 3.05) is 6.54 Å². The lowest BCUT2D eigenvalue weighted by Crippen LogP contribution is -2.17. The molecule has 0 saturated heterocycles. The molecular weight excluding hydrogens is 263 g/mol. The molecule has 0 radical (unpaired) electrons. The van der Waals surface area contributed by atoms with Gasteiger partial charge in [-0.3, -0.25) is 4.90 Å². The minimum Gasteiger partial charge on any atom is -0.313 e. The van der Waals surface area contributed by atoms with Gasteiger partial charge in [0.25, 0.3) is 0 Å². The number of hydrogen-bond acceptors (Lipinski definition) is 2. The summed E-state index contributed by atoms with van der Waals surface area (Å²) in [7, 11) is 0. The van der Waals surface area contributed by atoms with Gasteiger partial charge in [-0.25, -0.2) is 4.39 Å². The molecule has 1 N–H and O–H groups in total. The molecule has 3 heteroatoms. The van der Waals surface area contributed by atoms with Gasteiger partial charge >= 0.3 is 0 Å². The molecule has 2 aromatic rings. The Hall–Kier alpha value is -1.71. The Kier molecular flexibility index (Phi) is 4.32. The Balaban J connectivity index is 1.71. The van der Waals surface area contributed by atoms with Gasteiger partial charge in [-0.15, -0.1) is 0 Å². The van der Waals surface area contributed by atoms with E-state index in [1.807, 2.05) is 12.1 Å². The van der Waals surface area contributed by atoms with E-state index in [1.54, 1.807) is 6.07 Å². The lowest BCUT2D eigenvalue weighted by Gasteiger charge is -2.16. The number of halogens is 1. The third kappa shape index (κ3) is 3.31. The molecule has 0 fully saturated rings. The van der Waals surface area contributed by atoms with Crippen LogP contribution in [-0.2, 0) is 26.2 Å². The first-order chi connectivity index (χ1) is 10.3. The highest BCUT2D eigenvalue weighted by Gasteiger charge is 2.19. The minimum atomic E-state index is -0.105. The Morgan fingerprint density at radius 3 is 2.48 bits per heavy atom. The standard InChI is InChI=1S/C18H21FN2/c1-2-20-10-14-7-8-18(19)17(9-14)13-21-11-15-5-3-4-6-16(15)12-21/h3-9,20H,2,10-13H2,1H3. The predicted molar refractivity (Wildman–Crippen MR) is 83.2 cm³/mol. The van der Waals surface area contributed by atoms with E-state index in [0.717, 1.165) is 37.3 Å². The van der Waals surface area contributed by atoms with E-state index >= 15 is 0 Å². The zero-order valence-corrected chi connectivity index (χ0v) is 12.4. The molecule has 0 unspecified atom stereocenters. The highest BCUT2D eigenvalue weighted by Crippen LogP contribution is 2.24. The maximum atomic E-state index is 14.0. The molecule has 1 heterocycles.